The van der Waals surface area contributed by atoms with Crippen LogP contribution >= 0.6 is 0 Å². The molecule has 0 aliphatic carbocycles. The summed E-state index contributed by atoms with van der Waals surface area (Å²) in [7, 11) is 0. The molecular weight excluding hydrogens is 280 g/mol. The molecule has 1 heterocycles. The molecule has 0 amide bonds. The lowest BCUT2D eigenvalue weighted by Crippen LogP contribution is -1.97. The Morgan fingerprint density at radius 3 is 1.22 bits per heavy atom. The summed E-state index contributed by atoms with van der Waals surface area (Å²) < 4.78 is 0. The molecule has 2 N–H and O–H groups in total. The zero-order valence-electron chi connectivity index (χ0n) is 15.5. The maximum Gasteiger partial charge on any atom is 0.0267 e. The Kier molecular flexibility index (Phi) is 20.3. The van der Waals surface area contributed by atoms with Crippen LogP contribution in [-0.2, 0) is 0 Å². The highest BCUT2D eigenvalue weighted by molar-refractivity contribution is 4.88. The van der Waals surface area contributed by atoms with Crippen LogP contribution in [0.2, 0.25) is 0 Å². The molecule has 0 saturated carbocycles. The van der Waals surface area contributed by atoms with E-state index in [0.717, 1.165) is 6.54 Å². The summed E-state index contributed by atoms with van der Waals surface area (Å²) in [6.07, 6.45) is 23.4. The predicted octanol–water partition coefficient (Wildman–Crippen LogP) is 6.51. The highest BCUT2D eigenvalue weighted by Crippen LogP contribution is 2.12. The highest BCUT2D eigenvalue weighted by atomic mass is 14.6. The van der Waals surface area contributed by atoms with Crippen LogP contribution in [0.15, 0.2) is 30.6 Å². The van der Waals surface area contributed by atoms with E-state index >= 15 is 0 Å². The zero-order valence-corrected chi connectivity index (χ0v) is 15.5. The fourth-order valence-electron chi connectivity index (χ4n) is 2.65. The van der Waals surface area contributed by atoms with Crippen molar-refractivity contribution in [3.63, 3.8) is 0 Å². The second-order valence-electron chi connectivity index (χ2n) is 6.41. The van der Waals surface area contributed by atoms with Gasteiger partial charge in [-0.15, -0.1) is 0 Å². The number of nitrogens with two attached hydrogens (primary N) is 1. The first-order valence-corrected chi connectivity index (χ1v) is 9.97. The standard InChI is InChI=1S/C16H35N.C5H5N/c1-2-3-4-5-6-7-8-9-10-11-12-13-14-15-16-17;1-2-4-6-5-3-1/h2-17H2,1H3;1-5H. The summed E-state index contributed by atoms with van der Waals surface area (Å²) in [5, 5.41) is 0. The van der Waals surface area contributed by atoms with E-state index in [1.165, 1.54) is 89.9 Å². The topological polar surface area (TPSA) is 38.9 Å². The summed E-state index contributed by atoms with van der Waals surface area (Å²) in [5.74, 6) is 0. The predicted molar refractivity (Wildman–Crippen MR) is 104 cm³/mol. The van der Waals surface area contributed by atoms with Crippen molar-refractivity contribution in [3.05, 3.63) is 30.6 Å². The fourth-order valence-corrected chi connectivity index (χ4v) is 2.65. The number of nitrogens with zero attached hydrogens (tertiary/aromatic N) is 1. The van der Waals surface area contributed by atoms with Crippen LogP contribution in [0.5, 0.6) is 0 Å². The monoisotopic (exact) mass is 320 g/mol. The molecule has 134 valence electrons. The quantitative estimate of drug-likeness (QED) is 0.397. The van der Waals surface area contributed by atoms with E-state index in [0.29, 0.717) is 0 Å². The third-order valence-corrected chi connectivity index (χ3v) is 4.12. The maximum atomic E-state index is 5.47. The van der Waals surface area contributed by atoms with Crippen molar-refractivity contribution in [2.24, 2.45) is 5.73 Å². The molecule has 0 bridgehead atoms. The molecule has 0 spiro atoms. The van der Waals surface area contributed by atoms with Gasteiger partial charge >= 0.3 is 0 Å². The van der Waals surface area contributed by atoms with E-state index in [2.05, 4.69) is 11.9 Å². The van der Waals surface area contributed by atoms with E-state index in [9.17, 15) is 0 Å². The normalized spacial score (nSPS) is 10.2. The molecular formula is C21H40N2. The van der Waals surface area contributed by atoms with Crippen molar-refractivity contribution in [1.29, 1.82) is 0 Å². The Morgan fingerprint density at radius 1 is 0.565 bits per heavy atom. The molecule has 0 aliphatic heterocycles. The van der Waals surface area contributed by atoms with E-state index in [1.54, 1.807) is 12.4 Å². The summed E-state index contributed by atoms with van der Waals surface area (Å²) in [6, 6.07) is 5.72. The summed E-state index contributed by atoms with van der Waals surface area (Å²) >= 11 is 0. The third-order valence-electron chi connectivity index (χ3n) is 4.12. The van der Waals surface area contributed by atoms with Crippen LogP contribution in [-0.4, -0.2) is 11.5 Å². The Hall–Kier alpha value is -0.890. The minimum absolute atomic E-state index is 0.873. The van der Waals surface area contributed by atoms with Crippen molar-refractivity contribution in [2.75, 3.05) is 6.54 Å². The largest absolute Gasteiger partial charge is 0.330 e. The van der Waals surface area contributed by atoms with Crippen LogP contribution in [0.3, 0.4) is 0 Å². The second kappa shape index (κ2) is 21.1. The average molecular weight is 321 g/mol. The minimum Gasteiger partial charge on any atom is -0.330 e. The molecule has 0 atom stereocenters. The number of rotatable bonds is 14. The second-order valence-corrected chi connectivity index (χ2v) is 6.41. The molecule has 1 aromatic heterocycles. The molecule has 0 saturated heterocycles. The van der Waals surface area contributed by atoms with Crippen molar-refractivity contribution in [3.8, 4) is 0 Å². The zero-order chi connectivity index (χ0) is 16.8. The first kappa shape index (κ1) is 22.1. The Morgan fingerprint density at radius 2 is 0.957 bits per heavy atom. The van der Waals surface area contributed by atoms with Gasteiger partial charge in [0.1, 0.15) is 0 Å². The number of hydrogen-bond donors (Lipinski definition) is 1. The summed E-state index contributed by atoms with van der Waals surface area (Å²) in [4.78, 5) is 3.78. The van der Waals surface area contributed by atoms with Crippen LogP contribution in [0, 0.1) is 0 Å². The van der Waals surface area contributed by atoms with Crippen LogP contribution in [0.4, 0.5) is 0 Å². The van der Waals surface area contributed by atoms with E-state index in [-0.39, 0.29) is 0 Å². The van der Waals surface area contributed by atoms with E-state index in [4.69, 9.17) is 5.73 Å². The lowest BCUT2D eigenvalue weighted by molar-refractivity contribution is 0.536. The van der Waals surface area contributed by atoms with Gasteiger partial charge in [0.25, 0.3) is 0 Å². The Labute approximate surface area is 145 Å². The highest BCUT2D eigenvalue weighted by Gasteiger charge is 1.93. The van der Waals surface area contributed by atoms with Gasteiger partial charge in [-0.2, -0.15) is 0 Å². The maximum absolute atomic E-state index is 5.47. The molecule has 0 fully saturated rings. The van der Waals surface area contributed by atoms with E-state index in [1.807, 2.05) is 18.2 Å². The fraction of sp³-hybridized carbons (Fsp3) is 0.762. The van der Waals surface area contributed by atoms with Gasteiger partial charge < -0.3 is 5.73 Å². The lowest BCUT2D eigenvalue weighted by Gasteiger charge is -2.02. The van der Waals surface area contributed by atoms with Crippen LogP contribution in [0.25, 0.3) is 0 Å². The number of pyridine rings is 1. The molecule has 2 nitrogen and oxygen atoms in total. The molecule has 0 unspecified atom stereocenters. The van der Waals surface area contributed by atoms with Gasteiger partial charge in [0, 0.05) is 12.4 Å². The van der Waals surface area contributed by atoms with Gasteiger partial charge in [0.2, 0.25) is 0 Å². The van der Waals surface area contributed by atoms with Crippen molar-refractivity contribution in [2.45, 2.75) is 96.8 Å². The summed E-state index contributed by atoms with van der Waals surface area (Å²) in [6.45, 7) is 3.16. The Bertz CT molecular complexity index is 246. The van der Waals surface area contributed by atoms with Crippen molar-refractivity contribution >= 4 is 0 Å². The van der Waals surface area contributed by atoms with Crippen molar-refractivity contribution < 1.29 is 0 Å². The summed E-state index contributed by atoms with van der Waals surface area (Å²) in [5.41, 5.74) is 5.47. The molecule has 0 aliphatic rings. The van der Waals surface area contributed by atoms with Gasteiger partial charge in [-0.05, 0) is 25.1 Å². The number of hydrogen-bond acceptors (Lipinski definition) is 2. The van der Waals surface area contributed by atoms with Gasteiger partial charge in [-0.1, -0.05) is 96.5 Å². The SMILES string of the molecule is CCCCCCCCCCCCCCCCN.c1ccncc1. The van der Waals surface area contributed by atoms with Crippen LogP contribution in [0.1, 0.15) is 96.8 Å². The smallest absolute Gasteiger partial charge is 0.0267 e. The van der Waals surface area contributed by atoms with Gasteiger partial charge in [0.15, 0.2) is 0 Å². The number of unbranched alkanes of at least 4 members (excludes halogenated alkanes) is 13. The van der Waals surface area contributed by atoms with Gasteiger partial charge in [-0.25, -0.2) is 0 Å². The Balaban J connectivity index is 0.000000664. The molecule has 0 aromatic carbocycles. The molecule has 1 aromatic rings. The molecule has 23 heavy (non-hydrogen) atoms. The molecule has 0 radical (unpaired) electrons. The average Bonchev–Trinajstić information content (AvgIpc) is 2.61. The van der Waals surface area contributed by atoms with Gasteiger partial charge in [0.05, 0.1) is 0 Å². The van der Waals surface area contributed by atoms with E-state index < -0.39 is 0 Å². The lowest BCUT2D eigenvalue weighted by atomic mass is 10.0. The van der Waals surface area contributed by atoms with Gasteiger partial charge in [-0.3, -0.25) is 4.98 Å². The first-order chi connectivity index (χ1) is 11.4. The van der Waals surface area contributed by atoms with Crippen LogP contribution < -0.4 is 5.73 Å². The van der Waals surface area contributed by atoms with Crippen molar-refractivity contribution in [1.82, 2.24) is 4.98 Å². The third kappa shape index (κ3) is 21.1. The minimum atomic E-state index is 0.873. The first-order valence-electron chi connectivity index (χ1n) is 9.97. The number of aromatic nitrogens is 1. The molecule has 2 heteroatoms. The molecule has 1 rings (SSSR count).